The maximum absolute atomic E-state index is 11.8. The van der Waals surface area contributed by atoms with Crippen LogP contribution in [0.2, 0.25) is 0 Å². The maximum atomic E-state index is 11.8. The van der Waals surface area contributed by atoms with Gasteiger partial charge in [-0.05, 0) is 19.3 Å². The largest absolute Gasteiger partial charge is 0.368 e. The van der Waals surface area contributed by atoms with Crippen LogP contribution in [0.5, 0.6) is 0 Å². The van der Waals surface area contributed by atoms with Crippen LogP contribution in [0.3, 0.4) is 0 Å². The van der Waals surface area contributed by atoms with Gasteiger partial charge in [-0.25, -0.2) is 0 Å². The molecule has 76 valence electrons. The molecule has 5 nitrogen and oxygen atoms in total. The van der Waals surface area contributed by atoms with Gasteiger partial charge in [-0.2, -0.15) is 0 Å². The van der Waals surface area contributed by atoms with E-state index in [1.807, 2.05) is 0 Å². The predicted octanol–water partition coefficient (Wildman–Crippen LogP) is 0.883. The van der Waals surface area contributed by atoms with Crippen molar-refractivity contribution in [2.45, 2.75) is 19.3 Å². The van der Waals surface area contributed by atoms with Crippen LogP contribution >= 0.6 is 0 Å². The van der Waals surface area contributed by atoms with E-state index in [9.17, 15) is 4.79 Å². The van der Waals surface area contributed by atoms with Gasteiger partial charge in [0.05, 0.1) is 0 Å². The molecule has 0 saturated carbocycles. The van der Waals surface area contributed by atoms with Crippen molar-refractivity contribution in [1.82, 2.24) is 10.1 Å². The monoisotopic (exact) mass is 195 g/mol. The Balaban J connectivity index is 2.07. The average molecular weight is 195 g/mol. The third-order valence-corrected chi connectivity index (χ3v) is 2.39. The molecule has 0 aliphatic carbocycles. The molecule has 2 heterocycles. The van der Waals surface area contributed by atoms with E-state index in [0.717, 1.165) is 25.9 Å². The topological polar surface area (TPSA) is 72.4 Å². The van der Waals surface area contributed by atoms with Crippen LogP contribution < -0.4 is 5.73 Å². The Hall–Kier alpha value is -1.52. The number of carbonyl (C=O) groups excluding carboxylic acids is 1. The Labute approximate surface area is 81.8 Å². The van der Waals surface area contributed by atoms with Crippen LogP contribution in [-0.2, 0) is 0 Å². The number of nitrogens with zero attached hydrogens (tertiary/aromatic N) is 2. The first-order chi connectivity index (χ1) is 6.77. The summed E-state index contributed by atoms with van der Waals surface area (Å²) >= 11 is 0. The minimum atomic E-state index is -0.0786. The lowest BCUT2D eigenvalue weighted by atomic mass is 10.1. The van der Waals surface area contributed by atoms with Crippen molar-refractivity contribution >= 4 is 11.8 Å². The number of nitrogens with two attached hydrogens (primary N) is 1. The zero-order valence-electron chi connectivity index (χ0n) is 7.90. The van der Waals surface area contributed by atoms with Crippen molar-refractivity contribution in [2.24, 2.45) is 0 Å². The number of carbonyl (C=O) groups is 1. The molecule has 2 N–H and O–H groups in total. The molecule has 1 fully saturated rings. The van der Waals surface area contributed by atoms with Crippen LogP contribution in [-0.4, -0.2) is 29.1 Å². The van der Waals surface area contributed by atoms with E-state index in [4.69, 9.17) is 5.73 Å². The lowest BCUT2D eigenvalue weighted by Gasteiger charge is -2.25. The van der Waals surface area contributed by atoms with Crippen molar-refractivity contribution in [3.63, 3.8) is 0 Å². The molecule has 14 heavy (non-hydrogen) atoms. The number of hydrogen-bond acceptors (Lipinski definition) is 4. The Bertz CT molecular complexity index is 329. The molecule has 1 aliphatic heterocycles. The molecular formula is C9H13N3O2. The highest BCUT2D eigenvalue weighted by Gasteiger charge is 2.20. The number of hydrogen-bond donors (Lipinski definition) is 1. The SMILES string of the molecule is Nc1cc(C(=O)N2CCCCC2)no1. The molecule has 1 aliphatic rings. The van der Waals surface area contributed by atoms with E-state index >= 15 is 0 Å². The number of anilines is 1. The summed E-state index contributed by atoms with van der Waals surface area (Å²) in [5, 5.41) is 3.60. The zero-order chi connectivity index (χ0) is 9.97. The number of rotatable bonds is 1. The summed E-state index contributed by atoms with van der Waals surface area (Å²) in [4.78, 5) is 13.6. The van der Waals surface area contributed by atoms with Crippen molar-refractivity contribution < 1.29 is 9.32 Å². The van der Waals surface area contributed by atoms with Crippen LogP contribution in [0.15, 0.2) is 10.6 Å². The third-order valence-electron chi connectivity index (χ3n) is 2.39. The van der Waals surface area contributed by atoms with E-state index in [1.165, 1.54) is 12.5 Å². The van der Waals surface area contributed by atoms with Gasteiger partial charge in [0.2, 0.25) is 5.88 Å². The van der Waals surface area contributed by atoms with E-state index in [2.05, 4.69) is 9.68 Å². The highest BCUT2D eigenvalue weighted by Crippen LogP contribution is 2.13. The van der Waals surface area contributed by atoms with E-state index in [-0.39, 0.29) is 11.8 Å². The molecule has 0 atom stereocenters. The molecule has 1 saturated heterocycles. The molecule has 0 unspecified atom stereocenters. The van der Waals surface area contributed by atoms with Gasteiger partial charge in [-0.1, -0.05) is 5.16 Å². The fourth-order valence-electron chi connectivity index (χ4n) is 1.65. The molecule has 1 amide bonds. The highest BCUT2D eigenvalue weighted by atomic mass is 16.5. The van der Waals surface area contributed by atoms with Gasteiger partial charge in [0.25, 0.3) is 5.91 Å². The maximum Gasteiger partial charge on any atom is 0.276 e. The molecule has 0 aromatic carbocycles. The summed E-state index contributed by atoms with van der Waals surface area (Å²) in [6, 6.07) is 1.47. The normalized spacial score (nSPS) is 17.0. The van der Waals surface area contributed by atoms with E-state index < -0.39 is 0 Å². The second-order valence-electron chi connectivity index (χ2n) is 3.47. The Morgan fingerprint density at radius 2 is 2.14 bits per heavy atom. The number of likely N-dealkylation sites (tertiary alicyclic amines) is 1. The minimum Gasteiger partial charge on any atom is -0.368 e. The predicted molar refractivity (Wildman–Crippen MR) is 50.7 cm³/mol. The number of piperidine rings is 1. The molecule has 0 spiro atoms. The van der Waals surface area contributed by atoms with Crippen molar-refractivity contribution in [3.05, 3.63) is 11.8 Å². The fourth-order valence-corrected chi connectivity index (χ4v) is 1.65. The Morgan fingerprint density at radius 1 is 1.43 bits per heavy atom. The van der Waals surface area contributed by atoms with Gasteiger partial charge in [-0.3, -0.25) is 4.79 Å². The lowest BCUT2D eigenvalue weighted by Crippen LogP contribution is -2.35. The number of nitrogen functional groups attached to an aromatic ring is 1. The van der Waals surface area contributed by atoms with Gasteiger partial charge in [-0.15, -0.1) is 0 Å². The van der Waals surface area contributed by atoms with Crippen LogP contribution in [0.4, 0.5) is 5.88 Å². The van der Waals surface area contributed by atoms with Crippen molar-refractivity contribution in [1.29, 1.82) is 0 Å². The highest BCUT2D eigenvalue weighted by molar-refractivity contribution is 5.92. The first kappa shape index (κ1) is 9.05. The lowest BCUT2D eigenvalue weighted by molar-refractivity contribution is 0.0714. The quantitative estimate of drug-likeness (QED) is 0.722. The van der Waals surface area contributed by atoms with Gasteiger partial charge in [0, 0.05) is 19.2 Å². The molecule has 0 radical (unpaired) electrons. The molecule has 5 heteroatoms. The summed E-state index contributed by atoms with van der Waals surface area (Å²) in [6.07, 6.45) is 3.34. The average Bonchev–Trinajstić information content (AvgIpc) is 2.65. The van der Waals surface area contributed by atoms with Gasteiger partial charge >= 0.3 is 0 Å². The van der Waals surface area contributed by atoms with E-state index in [0.29, 0.717) is 5.69 Å². The summed E-state index contributed by atoms with van der Waals surface area (Å²) in [5.41, 5.74) is 5.66. The van der Waals surface area contributed by atoms with Gasteiger partial charge in [0.15, 0.2) is 5.69 Å². The molecule has 1 aromatic heterocycles. The summed E-state index contributed by atoms with van der Waals surface area (Å²) < 4.78 is 4.66. The second-order valence-corrected chi connectivity index (χ2v) is 3.47. The summed E-state index contributed by atoms with van der Waals surface area (Å²) in [7, 11) is 0. The zero-order valence-corrected chi connectivity index (χ0v) is 7.90. The third kappa shape index (κ3) is 1.71. The fraction of sp³-hybridized carbons (Fsp3) is 0.556. The first-order valence-electron chi connectivity index (χ1n) is 4.79. The summed E-state index contributed by atoms with van der Waals surface area (Å²) in [5.74, 6) is 0.107. The summed E-state index contributed by atoms with van der Waals surface area (Å²) in [6.45, 7) is 1.62. The molecular weight excluding hydrogens is 182 g/mol. The van der Waals surface area contributed by atoms with Crippen molar-refractivity contribution in [3.8, 4) is 0 Å². The molecule has 0 bridgehead atoms. The smallest absolute Gasteiger partial charge is 0.276 e. The minimum absolute atomic E-state index is 0.0786. The van der Waals surface area contributed by atoms with Gasteiger partial charge in [0.1, 0.15) is 0 Å². The van der Waals surface area contributed by atoms with Crippen LogP contribution in [0.25, 0.3) is 0 Å². The molecule has 1 aromatic rings. The number of amides is 1. The van der Waals surface area contributed by atoms with Gasteiger partial charge < -0.3 is 15.2 Å². The Morgan fingerprint density at radius 3 is 2.71 bits per heavy atom. The van der Waals surface area contributed by atoms with Crippen molar-refractivity contribution in [2.75, 3.05) is 18.8 Å². The van der Waals surface area contributed by atoms with Crippen LogP contribution in [0, 0.1) is 0 Å². The Kier molecular flexibility index (Phi) is 2.39. The second kappa shape index (κ2) is 3.69. The van der Waals surface area contributed by atoms with E-state index in [1.54, 1.807) is 4.90 Å². The standard InChI is InChI=1S/C9H13N3O2/c10-8-6-7(11-14-8)9(13)12-4-2-1-3-5-12/h6H,1-5,10H2. The molecule has 2 rings (SSSR count). The number of aromatic nitrogens is 1. The van der Waals surface area contributed by atoms with Crippen LogP contribution in [0.1, 0.15) is 29.8 Å². The first-order valence-corrected chi connectivity index (χ1v) is 4.79.